The molecular formula is C10H8F3NS. The van der Waals surface area contributed by atoms with Gasteiger partial charge in [-0.2, -0.15) is 13.2 Å². The normalized spacial score (nSPS) is 25.8. The molecule has 5 heteroatoms. The van der Waals surface area contributed by atoms with Crippen molar-refractivity contribution in [3.63, 3.8) is 0 Å². The molecule has 1 unspecified atom stereocenters. The number of rotatable bonds is 1. The van der Waals surface area contributed by atoms with E-state index in [9.17, 15) is 13.2 Å². The van der Waals surface area contributed by atoms with Crippen molar-refractivity contribution in [2.75, 3.05) is 5.75 Å². The van der Waals surface area contributed by atoms with Crippen molar-refractivity contribution < 1.29 is 13.2 Å². The zero-order chi connectivity index (χ0) is 10.9. The first-order valence-electron chi connectivity index (χ1n) is 4.36. The molecule has 1 nitrogen and oxygen atoms in total. The molecule has 1 aliphatic heterocycles. The third-order valence-corrected chi connectivity index (χ3v) is 3.50. The fourth-order valence-corrected chi connectivity index (χ4v) is 2.51. The molecule has 0 aromatic heterocycles. The van der Waals surface area contributed by atoms with E-state index < -0.39 is 11.0 Å². The minimum Gasteiger partial charge on any atom is -0.265 e. The van der Waals surface area contributed by atoms with Crippen molar-refractivity contribution >= 4 is 18.0 Å². The van der Waals surface area contributed by atoms with Gasteiger partial charge in [-0.25, -0.2) is 0 Å². The highest BCUT2D eigenvalue weighted by Crippen LogP contribution is 2.52. The van der Waals surface area contributed by atoms with Crippen molar-refractivity contribution in [1.29, 1.82) is 0 Å². The van der Waals surface area contributed by atoms with E-state index >= 15 is 0 Å². The van der Waals surface area contributed by atoms with E-state index in [1.165, 1.54) is 18.3 Å². The summed E-state index contributed by atoms with van der Waals surface area (Å²) in [5.74, 6) is 0.300. The van der Waals surface area contributed by atoms with Gasteiger partial charge in [0.05, 0.1) is 0 Å². The minimum absolute atomic E-state index is 0.191. The van der Waals surface area contributed by atoms with Gasteiger partial charge in [0.15, 0.2) is 0 Å². The van der Waals surface area contributed by atoms with E-state index in [0.29, 0.717) is 5.75 Å². The molecule has 0 saturated heterocycles. The van der Waals surface area contributed by atoms with Crippen LogP contribution in [0.25, 0.3) is 0 Å². The maximum atomic E-state index is 13.0. The molecule has 0 bridgehead atoms. The molecule has 1 aromatic carbocycles. The second-order valence-corrected chi connectivity index (χ2v) is 4.34. The summed E-state index contributed by atoms with van der Waals surface area (Å²) in [4.78, 5) is 1.53. The molecule has 1 aliphatic rings. The van der Waals surface area contributed by atoms with Gasteiger partial charge >= 0.3 is 6.18 Å². The van der Waals surface area contributed by atoms with Crippen molar-refractivity contribution in [3.8, 4) is 0 Å². The number of benzene rings is 1. The minimum atomic E-state index is -4.36. The Hall–Kier alpha value is -0.970. The number of nitrogens with zero attached hydrogens (tertiary/aromatic N) is 1. The van der Waals surface area contributed by atoms with Crippen LogP contribution in [0.1, 0.15) is 5.56 Å². The predicted molar refractivity (Wildman–Crippen MR) is 55.1 cm³/mol. The van der Waals surface area contributed by atoms with Gasteiger partial charge in [0.2, 0.25) is 4.87 Å². The summed E-state index contributed by atoms with van der Waals surface area (Å²) >= 11 is 0.803. The van der Waals surface area contributed by atoms with Crippen LogP contribution in [0.4, 0.5) is 13.2 Å². The Morgan fingerprint density at radius 3 is 2.33 bits per heavy atom. The van der Waals surface area contributed by atoms with Gasteiger partial charge < -0.3 is 0 Å². The van der Waals surface area contributed by atoms with Gasteiger partial charge in [0.25, 0.3) is 0 Å². The fourth-order valence-electron chi connectivity index (χ4n) is 1.50. The van der Waals surface area contributed by atoms with Gasteiger partial charge in [-0.3, -0.25) is 4.99 Å². The molecular weight excluding hydrogens is 223 g/mol. The highest BCUT2D eigenvalue weighted by atomic mass is 32.2. The third-order valence-electron chi connectivity index (χ3n) is 2.19. The van der Waals surface area contributed by atoms with Gasteiger partial charge in [0, 0.05) is 12.0 Å². The number of alkyl halides is 3. The second kappa shape index (κ2) is 3.56. The Balaban J connectivity index is 2.50. The molecule has 0 N–H and O–H groups in total. The number of hydrogen-bond donors (Lipinski definition) is 0. The summed E-state index contributed by atoms with van der Waals surface area (Å²) in [6.45, 7) is 0. The Bertz CT molecular complexity index is 374. The van der Waals surface area contributed by atoms with Crippen molar-refractivity contribution in [2.24, 2.45) is 4.99 Å². The standard InChI is InChI=1S/C10H8F3NS/c11-10(12,13)9(14-6-7-15-9)8-4-2-1-3-5-8/h1-6H,7H2. The maximum absolute atomic E-state index is 13.0. The summed E-state index contributed by atoms with van der Waals surface area (Å²) in [6, 6.07) is 7.80. The lowest BCUT2D eigenvalue weighted by molar-refractivity contribution is -0.159. The van der Waals surface area contributed by atoms with Crippen molar-refractivity contribution in [2.45, 2.75) is 11.0 Å². The smallest absolute Gasteiger partial charge is 0.265 e. The lowest BCUT2D eigenvalue weighted by atomic mass is 10.1. The van der Waals surface area contributed by atoms with Crippen LogP contribution >= 0.6 is 11.8 Å². The zero-order valence-corrected chi connectivity index (χ0v) is 8.48. The third kappa shape index (κ3) is 1.65. The number of aliphatic imine (C=N–C) groups is 1. The Kier molecular flexibility index (Phi) is 2.50. The molecule has 0 amide bonds. The van der Waals surface area contributed by atoms with Gasteiger partial charge in [-0.1, -0.05) is 30.3 Å². The average molecular weight is 231 g/mol. The zero-order valence-electron chi connectivity index (χ0n) is 7.66. The van der Waals surface area contributed by atoms with E-state index in [2.05, 4.69) is 4.99 Å². The van der Waals surface area contributed by atoms with Crippen LogP contribution < -0.4 is 0 Å². The molecule has 80 valence electrons. The van der Waals surface area contributed by atoms with E-state index in [0.717, 1.165) is 11.8 Å². The number of halogens is 3. The van der Waals surface area contributed by atoms with Crippen molar-refractivity contribution in [3.05, 3.63) is 35.9 Å². The lowest BCUT2D eigenvalue weighted by Crippen LogP contribution is -2.36. The Morgan fingerprint density at radius 2 is 1.87 bits per heavy atom. The Morgan fingerprint density at radius 1 is 1.20 bits per heavy atom. The van der Waals surface area contributed by atoms with Gasteiger partial charge in [0.1, 0.15) is 0 Å². The lowest BCUT2D eigenvalue weighted by Gasteiger charge is -2.28. The second-order valence-electron chi connectivity index (χ2n) is 3.13. The Labute approximate surface area is 89.4 Å². The summed E-state index contributed by atoms with van der Waals surface area (Å²) in [7, 11) is 0. The monoisotopic (exact) mass is 231 g/mol. The molecule has 0 spiro atoms. The van der Waals surface area contributed by atoms with Crippen LogP contribution in [-0.4, -0.2) is 18.1 Å². The maximum Gasteiger partial charge on any atom is 0.427 e. The van der Waals surface area contributed by atoms with E-state index in [4.69, 9.17) is 0 Å². The van der Waals surface area contributed by atoms with Crippen LogP contribution in [0.2, 0.25) is 0 Å². The molecule has 15 heavy (non-hydrogen) atoms. The molecule has 1 aromatic rings. The van der Waals surface area contributed by atoms with E-state index in [-0.39, 0.29) is 5.56 Å². The van der Waals surface area contributed by atoms with Gasteiger partial charge in [-0.05, 0) is 5.56 Å². The van der Waals surface area contributed by atoms with E-state index in [1.54, 1.807) is 18.2 Å². The summed E-state index contributed by atoms with van der Waals surface area (Å²) in [5, 5.41) is 0. The number of thioether (sulfide) groups is 1. The molecule has 0 saturated carbocycles. The number of hydrogen-bond acceptors (Lipinski definition) is 2. The summed E-state index contributed by atoms with van der Waals surface area (Å²) in [5.41, 5.74) is 0.191. The quantitative estimate of drug-likeness (QED) is 0.722. The summed E-state index contributed by atoms with van der Waals surface area (Å²) in [6.07, 6.45) is -3.03. The highest BCUT2D eigenvalue weighted by molar-refractivity contribution is 8.01. The highest BCUT2D eigenvalue weighted by Gasteiger charge is 2.57. The van der Waals surface area contributed by atoms with Crippen LogP contribution in [0.5, 0.6) is 0 Å². The molecule has 1 heterocycles. The molecule has 2 rings (SSSR count). The predicted octanol–water partition coefficient (Wildman–Crippen LogP) is 3.22. The SMILES string of the molecule is FC(F)(F)C1(c2ccccc2)N=CCS1. The van der Waals surface area contributed by atoms with Crippen molar-refractivity contribution in [1.82, 2.24) is 0 Å². The average Bonchev–Trinajstić information content (AvgIpc) is 2.68. The molecule has 1 atom stereocenters. The summed E-state index contributed by atoms with van der Waals surface area (Å²) < 4.78 is 38.9. The van der Waals surface area contributed by atoms with Crippen LogP contribution in [0.15, 0.2) is 35.3 Å². The van der Waals surface area contributed by atoms with Crippen LogP contribution in [0.3, 0.4) is 0 Å². The van der Waals surface area contributed by atoms with E-state index in [1.807, 2.05) is 0 Å². The first-order chi connectivity index (χ1) is 7.06. The first-order valence-corrected chi connectivity index (χ1v) is 5.35. The topological polar surface area (TPSA) is 12.4 Å². The molecule has 0 aliphatic carbocycles. The molecule has 0 radical (unpaired) electrons. The fraction of sp³-hybridized carbons (Fsp3) is 0.300. The van der Waals surface area contributed by atoms with Gasteiger partial charge in [-0.15, -0.1) is 11.8 Å². The first kappa shape index (κ1) is 10.5. The molecule has 0 fully saturated rings. The van der Waals surface area contributed by atoms with Crippen LogP contribution in [0, 0.1) is 0 Å². The largest absolute Gasteiger partial charge is 0.427 e. The van der Waals surface area contributed by atoms with Crippen LogP contribution in [-0.2, 0) is 4.87 Å².